The predicted octanol–water partition coefficient (Wildman–Crippen LogP) is 4.67. The third kappa shape index (κ3) is 5.54. The highest BCUT2D eigenvalue weighted by Crippen LogP contribution is 2.26. The molecule has 156 valence electrons. The van der Waals surface area contributed by atoms with Crippen LogP contribution in [0.15, 0.2) is 42.5 Å². The summed E-state index contributed by atoms with van der Waals surface area (Å²) in [7, 11) is 0. The molecule has 0 atom stereocenters. The van der Waals surface area contributed by atoms with Gasteiger partial charge in [-0.2, -0.15) is 5.10 Å². The molecule has 0 fully saturated rings. The first-order chi connectivity index (χ1) is 14.4. The van der Waals surface area contributed by atoms with Gasteiger partial charge in [0, 0.05) is 11.8 Å². The number of rotatable bonds is 6. The van der Waals surface area contributed by atoms with Crippen molar-refractivity contribution in [3.05, 3.63) is 48.0 Å². The molecular weight excluding hydrogens is 378 g/mol. The van der Waals surface area contributed by atoms with Crippen molar-refractivity contribution in [3.8, 4) is 23.3 Å². The SMILES string of the molecule is CCC#CCOc1ccc2[nH]nc(NC(=O)COc3ccc(C(C)(C)C)cc3)c2c1. The Labute approximate surface area is 177 Å². The molecule has 2 aromatic carbocycles. The van der Waals surface area contributed by atoms with Crippen molar-refractivity contribution >= 4 is 22.6 Å². The number of fused-ring (bicyclic) bond motifs is 1. The fourth-order valence-electron chi connectivity index (χ4n) is 2.84. The fourth-order valence-corrected chi connectivity index (χ4v) is 2.84. The second-order valence-electron chi connectivity index (χ2n) is 7.89. The van der Waals surface area contributed by atoms with Crippen LogP contribution < -0.4 is 14.8 Å². The minimum absolute atomic E-state index is 0.0715. The van der Waals surface area contributed by atoms with Gasteiger partial charge in [-0.1, -0.05) is 45.7 Å². The highest BCUT2D eigenvalue weighted by atomic mass is 16.5. The van der Waals surface area contributed by atoms with E-state index >= 15 is 0 Å². The average molecular weight is 405 g/mol. The summed E-state index contributed by atoms with van der Waals surface area (Å²) in [4.78, 5) is 12.3. The van der Waals surface area contributed by atoms with Gasteiger partial charge in [-0.25, -0.2) is 0 Å². The van der Waals surface area contributed by atoms with E-state index in [1.54, 1.807) is 0 Å². The molecule has 1 aromatic heterocycles. The molecule has 0 saturated heterocycles. The van der Waals surface area contributed by atoms with E-state index in [0.29, 0.717) is 23.9 Å². The Kier molecular flexibility index (Phi) is 6.63. The summed E-state index contributed by atoms with van der Waals surface area (Å²) in [5.41, 5.74) is 2.08. The van der Waals surface area contributed by atoms with E-state index in [4.69, 9.17) is 9.47 Å². The van der Waals surface area contributed by atoms with Crippen LogP contribution in [0.3, 0.4) is 0 Å². The van der Waals surface area contributed by atoms with Crippen molar-refractivity contribution in [2.24, 2.45) is 0 Å². The maximum atomic E-state index is 12.3. The molecule has 0 radical (unpaired) electrons. The first-order valence-electron chi connectivity index (χ1n) is 9.96. The molecule has 0 aliphatic rings. The maximum absolute atomic E-state index is 12.3. The zero-order valence-electron chi connectivity index (χ0n) is 17.8. The number of nitrogens with zero attached hydrogens (tertiary/aromatic N) is 1. The van der Waals surface area contributed by atoms with Gasteiger partial charge in [0.25, 0.3) is 5.91 Å². The normalized spacial score (nSPS) is 10.9. The van der Waals surface area contributed by atoms with Crippen LogP contribution in [0, 0.1) is 11.8 Å². The summed E-state index contributed by atoms with van der Waals surface area (Å²) in [6.45, 7) is 8.66. The smallest absolute Gasteiger partial charge is 0.263 e. The zero-order valence-corrected chi connectivity index (χ0v) is 17.8. The molecule has 0 spiro atoms. The van der Waals surface area contributed by atoms with Crippen molar-refractivity contribution in [2.45, 2.75) is 39.5 Å². The Hall–Kier alpha value is -3.46. The zero-order chi connectivity index (χ0) is 21.6. The predicted molar refractivity (Wildman–Crippen MR) is 119 cm³/mol. The minimum Gasteiger partial charge on any atom is -0.484 e. The molecule has 2 N–H and O–H groups in total. The third-order valence-electron chi connectivity index (χ3n) is 4.50. The molecule has 30 heavy (non-hydrogen) atoms. The lowest BCUT2D eigenvalue weighted by molar-refractivity contribution is -0.118. The maximum Gasteiger partial charge on any atom is 0.263 e. The molecule has 1 heterocycles. The number of nitrogens with one attached hydrogen (secondary N) is 2. The number of aromatic nitrogens is 2. The van der Waals surface area contributed by atoms with Gasteiger partial charge in [0.2, 0.25) is 0 Å². The van der Waals surface area contributed by atoms with Gasteiger partial charge >= 0.3 is 0 Å². The quantitative estimate of drug-likeness (QED) is 0.584. The van der Waals surface area contributed by atoms with Crippen LogP contribution in [-0.4, -0.2) is 29.3 Å². The van der Waals surface area contributed by atoms with E-state index < -0.39 is 0 Å². The molecule has 6 heteroatoms. The summed E-state index contributed by atoms with van der Waals surface area (Å²) in [5.74, 6) is 7.36. The number of benzene rings is 2. The van der Waals surface area contributed by atoms with E-state index in [9.17, 15) is 4.79 Å². The molecule has 1 amide bonds. The Morgan fingerprint density at radius 1 is 1.07 bits per heavy atom. The van der Waals surface area contributed by atoms with E-state index in [2.05, 4.69) is 48.1 Å². The first kappa shape index (κ1) is 21.3. The topological polar surface area (TPSA) is 76.2 Å². The van der Waals surface area contributed by atoms with Crippen molar-refractivity contribution in [1.29, 1.82) is 0 Å². The number of hydrogen-bond acceptors (Lipinski definition) is 4. The second kappa shape index (κ2) is 9.36. The van der Waals surface area contributed by atoms with Crippen molar-refractivity contribution < 1.29 is 14.3 Å². The summed E-state index contributed by atoms with van der Waals surface area (Å²) in [5, 5.41) is 10.6. The molecule has 0 aliphatic carbocycles. The highest BCUT2D eigenvalue weighted by molar-refractivity contribution is 6.00. The summed E-state index contributed by atoms with van der Waals surface area (Å²) < 4.78 is 11.2. The Bertz CT molecular complexity index is 1070. The molecule has 0 aliphatic heterocycles. The number of hydrogen-bond donors (Lipinski definition) is 2. The summed E-state index contributed by atoms with van der Waals surface area (Å²) >= 11 is 0. The van der Waals surface area contributed by atoms with Crippen LogP contribution in [0.1, 0.15) is 39.7 Å². The lowest BCUT2D eigenvalue weighted by Gasteiger charge is -2.19. The minimum atomic E-state index is -0.288. The monoisotopic (exact) mass is 405 g/mol. The van der Waals surface area contributed by atoms with Gasteiger partial charge < -0.3 is 14.8 Å². The lowest BCUT2D eigenvalue weighted by atomic mass is 9.87. The molecular formula is C24H27N3O3. The van der Waals surface area contributed by atoms with E-state index in [1.807, 2.05) is 49.4 Å². The standard InChI is InChI=1S/C24H27N3O3/c1-5-6-7-14-29-19-12-13-21-20(15-19)23(27-26-21)25-22(28)16-30-18-10-8-17(9-11-18)24(2,3)4/h8-13,15H,5,14,16H2,1-4H3,(H2,25,26,27,28). The van der Waals surface area contributed by atoms with Crippen molar-refractivity contribution in [1.82, 2.24) is 10.2 Å². The number of H-pyrrole nitrogens is 1. The number of anilines is 1. The Morgan fingerprint density at radius 2 is 1.80 bits per heavy atom. The lowest BCUT2D eigenvalue weighted by Crippen LogP contribution is -2.20. The van der Waals surface area contributed by atoms with Crippen molar-refractivity contribution in [3.63, 3.8) is 0 Å². The average Bonchev–Trinajstić information content (AvgIpc) is 3.11. The van der Waals surface area contributed by atoms with Crippen LogP contribution in [0.4, 0.5) is 5.82 Å². The van der Waals surface area contributed by atoms with Gasteiger partial charge in [0.15, 0.2) is 12.4 Å². The number of ether oxygens (including phenoxy) is 2. The second-order valence-corrected chi connectivity index (χ2v) is 7.89. The summed E-state index contributed by atoms with van der Waals surface area (Å²) in [6, 6.07) is 13.3. The molecule has 3 rings (SSSR count). The Morgan fingerprint density at radius 3 is 2.50 bits per heavy atom. The van der Waals surface area contributed by atoms with Gasteiger partial charge in [-0.3, -0.25) is 9.89 Å². The first-order valence-corrected chi connectivity index (χ1v) is 9.96. The fraction of sp³-hybridized carbons (Fsp3) is 0.333. The van der Waals surface area contributed by atoms with E-state index in [0.717, 1.165) is 17.3 Å². The molecule has 0 saturated carbocycles. The third-order valence-corrected chi connectivity index (χ3v) is 4.50. The van der Waals surface area contributed by atoms with Gasteiger partial charge in [-0.15, -0.1) is 5.92 Å². The molecule has 3 aromatic rings. The number of carbonyl (C=O) groups excluding carboxylic acids is 1. The molecule has 0 unspecified atom stereocenters. The highest BCUT2D eigenvalue weighted by Gasteiger charge is 2.14. The Balaban J connectivity index is 1.60. The van der Waals surface area contributed by atoms with Gasteiger partial charge in [0.1, 0.15) is 18.1 Å². The number of amides is 1. The van der Waals surface area contributed by atoms with Crippen molar-refractivity contribution in [2.75, 3.05) is 18.5 Å². The van der Waals surface area contributed by atoms with Crippen LogP contribution in [0.25, 0.3) is 10.9 Å². The number of aromatic amines is 1. The van der Waals surface area contributed by atoms with E-state index in [-0.39, 0.29) is 17.9 Å². The molecule has 6 nitrogen and oxygen atoms in total. The van der Waals surface area contributed by atoms with Crippen LogP contribution in [0.2, 0.25) is 0 Å². The number of carbonyl (C=O) groups is 1. The van der Waals surface area contributed by atoms with Crippen LogP contribution in [-0.2, 0) is 10.2 Å². The van der Waals surface area contributed by atoms with Gasteiger partial charge in [0.05, 0.1) is 5.52 Å². The molecule has 0 bridgehead atoms. The van der Waals surface area contributed by atoms with E-state index in [1.165, 1.54) is 5.56 Å². The van der Waals surface area contributed by atoms with Gasteiger partial charge in [-0.05, 0) is 41.3 Å². The van der Waals surface area contributed by atoms with Crippen LogP contribution in [0.5, 0.6) is 11.5 Å². The largest absolute Gasteiger partial charge is 0.484 e. The van der Waals surface area contributed by atoms with Crippen LogP contribution >= 0.6 is 0 Å². The summed E-state index contributed by atoms with van der Waals surface area (Å²) in [6.07, 6.45) is 0.795.